The van der Waals surface area contributed by atoms with Crippen LogP contribution in [0.25, 0.3) is 0 Å². The summed E-state index contributed by atoms with van der Waals surface area (Å²) in [5.41, 5.74) is 6.44. The van der Waals surface area contributed by atoms with Crippen LogP contribution in [0, 0.1) is 19.7 Å². The van der Waals surface area contributed by atoms with Gasteiger partial charge in [0, 0.05) is 5.56 Å². The van der Waals surface area contributed by atoms with Crippen LogP contribution >= 0.6 is 15.9 Å². The lowest BCUT2D eigenvalue weighted by Crippen LogP contribution is -2.29. The molecule has 1 atom stereocenters. The highest BCUT2D eigenvalue weighted by molar-refractivity contribution is 9.10. The molecule has 3 N–H and O–H groups in total. The minimum atomic E-state index is -0.365. The fraction of sp³-hybridized carbons (Fsp3) is 0.200. The van der Waals surface area contributed by atoms with Crippen LogP contribution in [-0.2, 0) is 0 Å². The van der Waals surface area contributed by atoms with Gasteiger partial charge in [0.15, 0.2) is 0 Å². The van der Waals surface area contributed by atoms with Gasteiger partial charge in [-0.2, -0.15) is 0 Å². The lowest BCUT2D eigenvalue weighted by atomic mass is 9.96. The Bertz CT molecular complexity index is 578. The van der Waals surface area contributed by atoms with Crippen molar-refractivity contribution in [3.63, 3.8) is 0 Å². The second-order valence-corrected chi connectivity index (χ2v) is 5.52. The van der Waals surface area contributed by atoms with Gasteiger partial charge in [-0.3, -0.25) is 5.84 Å². The van der Waals surface area contributed by atoms with Gasteiger partial charge in [-0.25, -0.2) is 9.82 Å². The van der Waals surface area contributed by atoms with Crippen LogP contribution in [0.4, 0.5) is 4.39 Å². The molecule has 2 nitrogen and oxygen atoms in total. The van der Waals surface area contributed by atoms with E-state index in [1.807, 2.05) is 26.0 Å². The van der Waals surface area contributed by atoms with Crippen molar-refractivity contribution in [3.05, 3.63) is 68.9 Å². The van der Waals surface area contributed by atoms with E-state index < -0.39 is 0 Å². The molecule has 4 heteroatoms. The molecule has 0 saturated carbocycles. The smallest absolute Gasteiger partial charge is 0.142 e. The second kappa shape index (κ2) is 5.82. The zero-order chi connectivity index (χ0) is 14.0. The number of benzene rings is 2. The number of aryl methyl sites for hydroxylation is 2. The highest BCUT2D eigenvalue weighted by atomic mass is 79.9. The summed E-state index contributed by atoms with van der Waals surface area (Å²) < 4.78 is 14.6. The first kappa shape index (κ1) is 14.2. The molecule has 0 bridgehead atoms. The van der Waals surface area contributed by atoms with Gasteiger partial charge < -0.3 is 0 Å². The van der Waals surface area contributed by atoms with Crippen molar-refractivity contribution in [1.82, 2.24) is 5.43 Å². The molecule has 1 unspecified atom stereocenters. The highest BCUT2D eigenvalue weighted by Gasteiger charge is 2.18. The van der Waals surface area contributed by atoms with Crippen molar-refractivity contribution in [1.29, 1.82) is 0 Å². The summed E-state index contributed by atoms with van der Waals surface area (Å²) in [7, 11) is 0. The molecule has 0 saturated heterocycles. The van der Waals surface area contributed by atoms with E-state index in [9.17, 15) is 4.39 Å². The average molecular weight is 323 g/mol. The minimum Gasteiger partial charge on any atom is -0.271 e. The third kappa shape index (κ3) is 3.03. The second-order valence-electron chi connectivity index (χ2n) is 4.66. The van der Waals surface area contributed by atoms with Gasteiger partial charge in [0.1, 0.15) is 5.82 Å². The zero-order valence-electron chi connectivity index (χ0n) is 10.9. The normalized spacial score (nSPS) is 12.5. The lowest BCUT2D eigenvalue weighted by molar-refractivity contribution is 0.555. The first-order chi connectivity index (χ1) is 9.02. The molecule has 0 radical (unpaired) electrons. The van der Waals surface area contributed by atoms with E-state index in [4.69, 9.17) is 5.84 Å². The Labute approximate surface area is 120 Å². The molecule has 2 rings (SSSR count). The summed E-state index contributed by atoms with van der Waals surface area (Å²) in [5.74, 6) is 5.34. The van der Waals surface area contributed by atoms with Gasteiger partial charge in [0.05, 0.1) is 10.5 Å². The third-order valence-electron chi connectivity index (χ3n) is 3.04. The van der Waals surface area contributed by atoms with Crippen molar-refractivity contribution in [2.45, 2.75) is 19.9 Å². The fourth-order valence-corrected chi connectivity index (χ4v) is 2.67. The number of hydrazine groups is 1. The van der Waals surface area contributed by atoms with Crippen LogP contribution in [0.1, 0.15) is 28.3 Å². The van der Waals surface area contributed by atoms with E-state index in [1.165, 1.54) is 0 Å². The SMILES string of the molecule is Cc1cc(C)cc(C(NN)c2cccc(Br)c2F)c1. The third-order valence-corrected chi connectivity index (χ3v) is 3.65. The van der Waals surface area contributed by atoms with Crippen LogP contribution in [0.15, 0.2) is 40.9 Å². The molecule has 0 heterocycles. The van der Waals surface area contributed by atoms with Crippen molar-refractivity contribution in [2.75, 3.05) is 0 Å². The first-order valence-electron chi connectivity index (χ1n) is 6.01. The summed E-state index contributed by atoms with van der Waals surface area (Å²) in [6, 6.07) is 11.0. The maximum atomic E-state index is 14.2. The number of rotatable bonds is 3. The molecule has 2 aromatic rings. The fourth-order valence-electron chi connectivity index (χ4n) is 2.29. The molecule has 0 aliphatic rings. The van der Waals surface area contributed by atoms with Gasteiger partial charge in [-0.05, 0) is 41.4 Å². The molecule has 2 aromatic carbocycles. The molecule has 0 aromatic heterocycles. The molecule has 0 fully saturated rings. The Morgan fingerprint density at radius 3 is 2.37 bits per heavy atom. The van der Waals surface area contributed by atoms with E-state index in [0.29, 0.717) is 10.0 Å². The minimum absolute atomic E-state index is 0.287. The summed E-state index contributed by atoms with van der Waals surface area (Å²) in [6.45, 7) is 4.03. The van der Waals surface area contributed by atoms with Gasteiger partial charge >= 0.3 is 0 Å². The Balaban J connectivity index is 2.53. The van der Waals surface area contributed by atoms with Crippen molar-refractivity contribution in [2.24, 2.45) is 5.84 Å². The Morgan fingerprint density at radius 2 is 1.79 bits per heavy atom. The van der Waals surface area contributed by atoms with Gasteiger partial charge in [0.25, 0.3) is 0 Å². The first-order valence-corrected chi connectivity index (χ1v) is 6.80. The van der Waals surface area contributed by atoms with E-state index in [1.54, 1.807) is 18.2 Å². The molecule has 19 heavy (non-hydrogen) atoms. The molecule has 0 amide bonds. The maximum absolute atomic E-state index is 14.2. The van der Waals surface area contributed by atoms with Crippen LogP contribution in [-0.4, -0.2) is 0 Å². The van der Waals surface area contributed by atoms with Crippen LogP contribution in [0.2, 0.25) is 0 Å². The van der Waals surface area contributed by atoms with Crippen LogP contribution < -0.4 is 11.3 Å². The van der Waals surface area contributed by atoms with Crippen LogP contribution in [0.5, 0.6) is 0 Å². The summed E-state index contributed by atoms with van der Waals surface area (Å²) in [4.78, 5) is 0. The van der Waals surface area contributed by atoms with Crippen molar-refractivity contribution < 1.29 is 4.39 Å². The topological polar surface area (TPSA) is 38.0 Å². The summed E-state index contributed by atoms with van der Waals surface area (Å²) >= 11 is 3.20. The lowest BCUT2D eigenvalue weighted by Gasteiger charge is -2.19. The van der Waals surface area contributed by atoms with Crippen molar-refractivity contribution >= 4 is 15.9 Å². The monoisotopic (exact) mass is 322 g/mol. The molecule has 0 aliphatic carbocycles. The summed E-state index contributed by atoms with van der Waals surface area (Å²) in [5, 5.41) is 0. The molecular weight excluding hydrogens is 307 g/mol. The predicted molar refractivity (Wildman–Crippen MR) is 79.2 cm³/mol. The number of halogens is 2. The van der Waals surface area contributed by atoms with E-state index >= 15 is 0 Å². The largest absolute Gasteiger partial charge is 0.271 e. The summed E-state index contributed by atoms with van der Waals surface area (Å²) in [6.07, 6.45) is 0. The Morgan fingerprint density at radius 1 is 1.16 bits per heavy atom. The zero-order valence-corrected chi connectivity index (χ0v) is 12.5. The maximum Gasteiger partial charge on any atom is 0.142 e. The number of nitrogens with one attached hydrogen (secondary N) is 1. The quantitative estimate of drug-likeness (QED) is 0.667. The van der Waals surface area contributed by atoms with E-state index in [0.717, 1.165) is 16.7 Å². The highest BCUT2D eigenvalue weighted by Crippen LogP contribution is 2.28. The molecule has 100 valence electrons. The van der Waals surface area contributed by atoms with Crippen molar-refractivity contribution in [3.8, 4) is 0 Å². The number of hydrogen-bond donors (Lipinski definition) is 2. The number of nitrogens with two attached hydrogens (primary N) is 1. The molecular formula is C15H16BrFN2. The van der Waals surface area contributed by atoms with Crippen LogP contribution in [0.3, 0.4) is 0 Å². The average Bonchev–Trinajstić information content (AvgIpc) is 2.34. The van der Waals surface area contributed by atoms with Gasteiger partial charge in [-0.15, -0.1) is 0 Å². The Hall–Kier alpha value is -1.23. The number of hydrogen-bond acceptors (Lipinski definition) is 2. The Kier molecular flexibility index (Phi) is 4.34. The predicted octanol–water partition coefficient (Wildman–Crippen LogP) is 3.76. The van der Waals surface area contributed by atoms with E-state index in [-0.39, 0.29) is 11.9 Å². The molecule has 0 spiro atoms. The molecule has 0 aliphatic heterocycles. The van der Waals surface area contributed by atoms with Gasteiger partial charge in [-0.1, -0.05) is 41.5 Å². The van der Waals surface area contributed by atoms with Gasteiger partial charge in [0.2, 0.25) is 0 Å². The standard InChI is InChI=1S/C15H16BrFN2/c1-9-6-10(2)8-11(7-9)15(19-18)12-4-3-5-13(16)14(12)17/h3-8,15,19H,18H2,1-2H3. The van der Waals surface area contributed by atoms with E-state index in [2.05, 4.69) is 27.4 Å².